The number of hydrogen-bond donors (Lipinski definition) is 1. The van der Waals surface area contributed by atoms with Crippen LogP contribution in [0.1, 0.15) is 13.8 Å². The van der Waals surface area contributed by atoms with E-state index in [0.29, 0.717) is 11.8 Å². The second-order valence-corrected chi connectivity index (χ2v) is 2.80. The third-order valence-electron chi connectivity index (χ3n) is 1.36. The lowest BCUT2D eigenvalue weighted by Crippen LogP contribution is -2.40. The summed E-state index contributed by atoms with van der Waals surface area (Å²) in [6.45, 7) is 6.44. The molecule has 9 heavy (non-hydrogen) atoms. The van der Waals surface area contributed by atoms with Crippen LogP contribution in [0.3, 0.4) is 0 Å². The number of hydrogen-bond acceptors (Lipinski definition) is 1. The van der Waals surface area contributed by atoms with Gasteiger partial charge in [0.15, 0.2) is 0 Å². The molecule has 1 heteroatoms. The minimum absolute atomic E-state index is 0.533. The molecule has 0 aliphatic carbocycles. The van der Waals surface area contributed by atoms with Gasteiger partial charge in [0.05, 0.1) is 0 Å². The van der Waals surface area contributed by atoms with Crippen LogP contribution in [0.15, 0.2) is 0 Å². The van der Waals surface area contributed by atoms with Crippen LogP contribution in [0, 0.1) is 23.7 Å². The first-order valence-electron chi connectivity index (χ1n) is 3.51. The Bertz CT molecular complexity index is 134. The molecule has 0 saturated carbocycles. The van der Waals surface area contributed by atoms with Crippen LogP contribution < -0.4 is 5.32 Å². The van der Waals surface area contributed by atoms with Gasteiger partial charge in [-0.25, -0.2) is 0 Å². The fourth-order valence-electron chi connectivity index (χ4n) is 0.675. The van der Waals surface area contributed by atoms with Crippen LogP contribution in [0.25, 0.3) is 0 Å². The third-order valence-corrected chi connectivity index (χ3v) is 1.36. The first-order valence-corrected chi connectivity index (χ1v) is 3.51. The molecule has 1 aliphatic rings. The van der Waals surface area contributed by atoms with Crippen LogP contribution in [0.4, 0.5) is 0 Å². The highest BCUT2D eigenvalue weighted by atomic mass is 14.9. The van der Waals surface area contributed by atoms with Crippen molar-refractivity contribution in [3.05, 3.63) is 0 Å². The van der Waals surface area contributed by atoms with E-state index in [2.05, 4.69) is 31.0 Å². The summed E-state index contributed by atoms with van der Waals surface area (Å²) in [7, 11) is 0. The summed E-state index contributed by atoms with van der Waals surface area (Å²) in [5, 5.41) is 3.18. The van der Waals surface area contributed by atoms with Crippen LogP contribution in [0.5, 0.6) is 0 Å². The zero-order chi connectivity index (χ0) is 6.69. The second kappa shape index (κ2) is 2.89. The summed E-state index contributed by atoms with van der Waals surface area (Å²) in [4.78, 5) is 0. The van der Waals surface area contributed by atoms with Crippen LogP contribution in [-0.4, -0.2) is 13.1 Å². The van der Waals surface area contributed by atoms with E-state index in [1.54, 1.807) is 0 Å². The molecule has 1 heterocycles. The molecule has 0 aromatic rings. The van der Waals surface area contributed by atoms with E-state index < -0.39 is 0 Å². The van der Waals surface area contributed by atoms with E-state index in [1.165, 1.54) is 0 Å². The number of rotatable bonds is 0. The molecule has 1 aliphatic heterocycles. The van der Waals surface area contributed by atoms with Crippen molar-refractivity contribution >= 4 is 0 Å². The molecule has 0 atom stereocenters. The molecule has 1 saturated heterocycles. The smallest absolute Gasteiger partial charge is 0.0452 e. The van der Waals surface area contributed by atoms with Gasteiger partial charge in [-0.2, -0.15) is 0 Å². The second-order valence-electron chi connectivity index (χ2n) is 2.80. The van der Waals surface area contributed by atoms with Crippen molar-refractivity contribution < 1.29 is 0 Å². The summed E-state index contributed by atoms with van der Waals surface area (Å²) in [5.41, 5.74) is 0. The molecule has 0 bridgehead atoms. The Labute approximate surface area is 56.8 Å². The van der Waals surface area contributed by atoms with Gasteiger partial charge < -0.3 is 5.32 Å². The Morgan fingerprint density at radius 3 is 2.44 bits per heavy atom. The van der Waals surface area contributed by atoms with Crippen LogP contribution in [0.2, 0.25) is 0 Å². The third kappa shape index (κ3) is 2.07. The van der Waals surface area contributed by atoms with Crippen molar-refractivity contribution in [1.29, 1.82) is 0 Å². The molecule has 1 rings (SSSR count). The van der Waals surface area contributed by atoms with Gasteiger partial charge in [-0.15, -0.1) is 5.92 Å². The zero-order valence-electron chi connectivity index (χ0n) is 6.07. The molecule has 0 aromatic carbocycles. The Morgan fingerprint density at radius 1 is 1.44 bits per heavy atom. The van der Waals surface area contributed by atoms with Gasteiger partial charge in [0.25, 0.3) is 0 Å². The van der Waals surface area contributed by atoms with E-state index >= 15 is 0 Å². The van der Waals surface area contributed by atoms with Crippen molar-refractivity contribution in [2.45, 2.75) is 13.8 Å². The molecule has 0 unspecified atom stereocenters. The normalized spacial score (nSPS) is 18.6. The topological polar surface area (TPSA) is 12.0 Å². The molecule has 0 amide bonds. The average molecular weight is 123 g/mol. The maximum Gasteiger partial charge on any atom is 0.0452 e. The molecular formula is C8H13N. The Hall–Kier alpha value is -0.480. The van der Waals surface area contributed by atoms with Gasteiger partial charge in [-0.05, 0) is 0 Å². The fourth-order valence-corrected chi connectivity index (χ4v) is 0.675. The lowest BCUT2D eigenvalue weighted by molar-refractivity contribution is 0.431. The van der Waals surface area contributed by atoms with Crippen LogP contribution >= 0.6 is 0 Å². The molecule has 0 aromatic heterocycles. The standard InChI is InChI=1S/C8H13N/c1-7(2)3-4-8-5-9-6-8/h7-9H,5-6H2,1-2H3. The zero-order valence-corrected chi connectivity index (χ0v) is 6.07. The fraction of sp³-hybridized carbons (Fsp3) is 0.750. The van der Waals surface area contributed by atoms with Crippen molar-refractivity contribution in [3.8, 4) is 11.8 Å². The lowest BCUT2D eigenvalue weighted by atomic mass is 10.0. The van der Waals surface area contributed by atoms with Gasteiger partial charge in [-0.3, -0.25) is 0 Å². The number of nitrogens with one attached hydrogen (secondary N) is 1. The van der Waals surface area contributed by atoms with E-state index in [0.717, 1.165) is 13.1 Å². The predicted molar refractivity (Wildman–Crippen MR) is 39.0 cm³/mol. The maximum absolute atomic E-state index is 3.21. The molecule has 0 radical (unpaired) electrons. The largest absolute Gasteiger partial charge is 0.314 e. The first kappa shape index (κ1) is 6.64. The minimum Gasteiger partial charge on any atom is -0.314 e. The maximum atomic E-state index is 3.21. The summed E-state index contributed by atoms with van der Waals surface area (Å²) >= 11 is 0. The Kier molecular flexibility index (Phi) is 2.13. The van der Waals surface area contributed by atoms with Gasteiger partial charge >= 0.3 is 0 Å². The van der Waals surface area contributed by atoms with E-state index in [9.17, 15) is 0 Å². The van der Waals surface area contributed by atoms with E-state index in [1.807, 2.05) is 0 Å². The van der Waals surface area contributed by atoms with E-state index in [-0.39, 0.29) is 0 Å². The summed E-state index contributed by atoms with van der Waals surface area (Å²) in [6.07, 6.45) is 0. The lowest BCUT2D eigenvalue weighted by Gasteiger charge is -2.21. The summed E-state index contributed by atoms with van der Waals surface area (Å²) < 4.78 is 0. The van der Waals surface area contributed by atoms with Gasteiger partial charge in [0.1, 0.15) is 0 Å². The van der Waals surface area contributed by atoms with Crippen LogP contribution in [-0.2, 0) is 0 Å². The van der Waals surface area contributed by atoms with Gasteiger partial charge in [0.2, 0.25) is 0 Å². The van der Waals surface area contributed by atoms with Crippen molar-refractivity contribution in [1.82, 2.24) is 5.32 Å². The predicted octanol–water partition coefficient (Wildman–Crippen LogP) is 0.865. The van der Waals surface area contributed by atoms with Gasteiger partial charge in [-0.1, -0.05) is 19.8 Å². The minimum atomic E-state index is 0.533. The highest BCUT2D eigenvalue weighted by Gasteiger charge is 2.12. The van der Waals surface area contributed by atoms with Crippen molar-refractivity contribution in [2.24, 2.45) is 11.8 Å². The highest BCUT2D eigenvalue weighted by Crippen LogP contribution is 2.00. The highest BCUT2D eigenvalue weighted by molar-refractivity contribution is 5.09. The molecule has 50 valence electrons. The van der Waals surface area contributed by atoms with E-state index in [4.69, 9.17) is 0 Å². The molecule has 1 N–H and O–H groups in total. The van der Waals surface area contributed by atoms with Gasteiger partial charge in [0, 0.05) is 24.9 Å². The summed E-state index contributed by atoms with van der Waals surface area (Å²) in [5.74, 6) is 7.54. The van der Waals surface area contributed by atoms with Crippen molar-refractivity contribution in [3.63, 3.8) is 0 Å². The molecule has 1 nitrogen and oxygen atoms in total. The SMILES string of the molecule is CC(C)C#CC1CNC1. The first-order chi connectivity index (χ1) is 4.29. The summed E-state index contributed by atoms with van der Waals surface area (Å²) in [6, 6.07) is 0. The molecular weight excluding hydrogens is 110 g/mol. The quantitative estimate of drug-likeness (QED) is 0.471. The Balaban J connectivity index is 2.23. The monoisotopic (exact) mass is 123 g/mol. The van der Waals surface area contributed by atoms with Crippen molar-refractivity contribution in [2.75, 3.05) is 13.1 Å². The Morgan fingerprint density at radius 2 is 2.11 bits per heavy atom. The molecule has 0 spiro atoms. The average Bonchev–Trinajstić information content (AvgIpc) is 1.60. The molecule has 1 fully saturated rings.